The Hall–Kier alpha value is -1.21. The third-order valence-corrected chi connectivity index (χ3v) is 5.47. The van der Waals surface area contributed by atoms with Gasteiger partial charge in [-0.15, -0.1) is 0 Å². The SMILES string of the molecule is CCCNc1ncc(S(=O)(=O)N2CCCCCCC2)cn1. The van der Waals surface area contributed by atoms with Crippen LogP contribution in [0.4, 0.5) is 5.95 Å². The Bertz CT molecular complexity index is 522. The minimum atomic E-state index is -3.46. The van der Waals surface area contributed by atoms with E-state index in [9.17, 15) is 8.42 Å². The van der Waals surface area contributed by atoms with Gasteiger partial charge in [-0.05, 0) is 19.3 Å². The largest absolute Gasteiger partial charge is 0.354 e. The number of aromatic nitrogens is 2. The van der Waals surface area contributed by atoms with Crippen LogP contribution in [0.1, 0.15) is 45.4 Å². The molecule has 0 radical (unpaired) electrons. The summed E-state index contributed by atoms with van der Waals surface area (Å²) in [6.07, 6.45) is 9.03. The van der Waals surface area contributed by atoms with E-state index in [1.807, 2.05) is 6.92 Å². The molecule has 0 aliphatic carbocycles. The lowest BCUT2D eigenvalue weighted by Crippen LogP contribution is -2.34. The number of nitrogens with zero attached hydrogens (tertiary/aromatic N) is 3. The molecule has 1 aliphatic rings. The van der Waals surface area contributed by atoms with Crippen molar-refractivity contribution < 1.29 is 8.42 Å². The molecule has 0 aromatic carbocycles. The Morgan fingerprint density at radius 3 is 2.24 bits per heavy atom. The fourth-order valence-corrected chi connectivity index (χ4v) is 3.79. The van der Waals surface area contributed by atoms with E-state index < -0.39 is 10.0 Å². The smallest absolute Gasteiger partial charge is 0.246 e. The molecule has 1 saturated heterocycles. The highest BCUT2D eigenvalue weighted by Crippen LogP contribution is 2.19. The summed E-state index contributed by atoms with van der Waals surface area (Å²) < 4.78 is 26.8. The fourth-order valence-electron chi connectivity index (χ4n) is 2.39. The Balaban J connectivity index is 2.10. The molecule has 2 rings (SSSR count). The quantitative estimate of drug-likeness (QED) is 0.902. The van der Waals surface area contributed by atoms with E-state index in [1.165, 1.54) is 18.8 Å². The molecule has 6 nitrogen and oxygen atoms in total. The molecular weight excluding hydrogens is 288 g/mol. The van der Waals surface area contributed by atoms with Gasteiger partial charge in [0.2, 0.25) is 16.0 Å². The minimum Gasteiger partial charge on any atom is -0.354 e. The maximum atomic E-state index is 12.6. The number of hydrogen-bond donors (Lipinski definition) is 1. The highest BCUT2D eigenvalue weighted by atomic mass is 32.2. The van der Waals surface area contributed by atoms with Gasteiger partial charge < -0.3 is 5.32 Å². The van der Waals surface area contributed by atoms with Crippen molar-refractivity contribution in [3.63, 3.8) is 0 Å². The summed E-state index contributed by atoms with van der Waals surface area (Å²) in [5, 5.41) is 3.04. The second kappa shape index (κ2) is 7.70. The van der Waals surface area contributed by atoms with Crippen LogP contribution in [0.25, 0.3) is 0 Å². The molecule has 1 fully saturated rings. The average Bonchev–Trinajstić information content (AvgIpc) is 2.45. The van der Waals surface area contributed by atoms with Gasteiger partial charge in [0.05, 0.1) is 12.4 Å². The Morgan fingerprint density at radius 1 is 1.10 bits per heavy atom. The fraction of sp³-hybridized carbons (Fsp3) is 0.714. The van der Waals surface area contributed by atoms with Crippen molar-refractivity contribution in [3.8, 4) is 0 Å². The molecule has 1 N–H and O–H groups in total. The molecule has 0 bridgehead atoms. The third-order valence-electron chi connectivity index (χ3n) is 3.61. The second-order valence-electron chi connectivity index (χ2n) is 5.34. The summed E-state index contributed by atoms with van der Waals surface area (Å²) in [4.78, 5) is 8.37. The standard InChI is InChI=1S/C14H24N4O2S/c1-2-8-15-14-16-11-13(12-17-14)21(19,20)18-9-6-4-3-5-7-10-18/h11-12H,2-10H2,1H3,(H,15,16,17). The van der Waals surface area contributed by atoms with Crippen LogP contribution in [0, 0.1) is 0 Å². The van der Waals surface area contributed by atoms with Gasteiger partial charge in [-0.1, -0.05) is 26.2 Å². The maximum Gasteiger partial charge on any atom is 0.246 e. The second-order valence-corrected chi connectivity index (χ2v) is 7.28. The van der Waals surface area contributed by atoms with E-state index in [0.717, 1.165) is 38.6 Å². The number of anilines is 1. The molecule has 7 heteroatoms. The topological polar surface area (TPSA) is 75.2 Å². The van der Waals surface area contributed by atoms with Crippen LogP contribution >= 0.6 is 0 Å². The van der Waals surface area contributed by atoms with Crippen LogP contribution in [0.5, 0.6) is 0 Å². The molecule has 2 heterocycles. The van der Waals surface area contributed by atoms with Crippen molar-refractivity contribution in [2.75, 3.05) is 25.0 Å². The predicted octanol–water partition coefficient (Wildman–Crippen LogP) is 2.25. The van der Waals surface area contributed by atoms with Gasteiger partial charge in [0, 0.05) is 19.6 Å². The Kier molecular flexibility index (Phi) is 5.93. The lowest BCUT2D eigenvalue weighted by Gasteiger charge is -2.23. The number of nitrogens with one attached hydrogen (secondary N) is 1. The van der Waals surface area contributed by atoms with Crippen molar-refractivity contribution in [2.45, 2.75) is 50.3 Å². The van der Waals surface area contributed by atoms with Crippen LogP contribution in [0.2, 0.25) is 0 Å². The van der Waals surface area contributed by atoms with E-state index in [4.69, 9.17) is 0 Å². The summed E-state index contributed by atoms with van der Waals surface area (Å²) in [6.45, 7) is 4.02. The first-order valence-corrected chi connectivity index (χ1v) is 9.14. The summed E-state index contributed by atoms with van der Waals surface area (Å²) in [5.74, 6) is 0.475. The summed E-state index contributed by atoms with van der Waals surface area (Å²) in [6, 6.07) is 0. The lowest BCUT2D eigenvalue weighted by atomic mass is 10.1. The zero-order chi connectivity index (χ0) is 15.1. The molecule has 1 aromatic rings. The van der Waals surface area contributed by atoms with Crippen LogP contribution in [-0.4, -0.2) is 42.3 Å². The van der Waals surface area contributed by atoms with Crippen molar-refractivity contribution in [1.29, 1.82) is 0 Å². The molecular formula is C14H24N4O2S. The molecule has 1 aliphatic heterocycles. The van der Waals surface area contributed by atoms with Gasteiger partial charge in [0.25, 0.3) is 0 Å². The molecule has 1 aromatic heterocycles. The van der Waals surface area contributed by atoms with Gasteiger partial charge in [-0.25, -0.2) is 18.4 Å². The van der Waals surface area contributed by atoms with E-state index in [1.54, 1.807) is 4.31 Å². The van der Waals surface area contributed by atoms with Crippen LogP contribution in [0.3, 0.4) is 0 Å². The predicted molar refractivity (Wildman–Crippen MR) is 82.7 cm³/mol. The van der Waals surface area contributed by atoms with Crippen molar-refractivity contribution in [2.24, 2.45) is 0 Å². The van der Waals surface area contributed by atoms with Gasteiger partial charge >= 0.3 is 0 Å². The first-order valence-electron chi connectivity index (χ1n) is 7.70. The summed E-state index contributed by atoms with van der Waals surface area (Å²) in [7, 11) is -3.46. The highest BCUT2D eigenvalue weighted by Gasteiger charge is 2.25. The molecule has 118 valence electrons. The van der Waals surface area contributed by atoms with E-state index in [0.29, 0.717) is 19.0 Å². The van der Waals surface area contributed by atoms with Crippen LogP contribution in [0.15, 0.2) is 17.3 Å². The third kappa shape index (κ3) is 4.38. The van der Waals surface area contributed by atoms with E-state index in [-0.39, 0.29) is 4.90 Å². The lowest BCUT2D eigenvalue weighted by molar-refractivity contribution is 0.364. The van der Waals surface area contributed by atoms with Gasteiger partial charge in [-0.2, -0.15) is 4.31 Å². The first-order chi connectivity index (χ1) is 10.1. The molecule has 0 spiro atoms. The Labute approximate surface area is 127 Å². The normalized spacial score (nSPS) is 18.0. The molecule has 0 atom stereocenters. The zero-order valence-electron chi connectivity index (χ0n) is 12.6. The Morgan fingerprint density at radius 2 is 1.67 bits per heavy atom. The van der Waals surface area contributed by atoms with Crippen LogP contribution in [-0.2, 0) is 10.0 Å². The average molecular weight is 312 g/mol. The molecule has 0 unspecified atom stereocenters. The number of hydrogen-bond acceptors (Lipinski definition) is 5. The minimum absolute atomic E-state index is 0.185. The monoisotopic (exact) mass is 312 g/mol. The van der Waals surface area contributed by atoms with Gasteiger partial charge in [-0.3, -0.25) is 0 Å². The molecule has 0 amide bonds. The van der Waals surface area contributed by atoms with Crippen molar-refractivity contribution >= 4 is 16.0 Å². The van der Waals surface area contributed by atoms with E-state index >= 15 is 0 Å². The van der Waals surface area contributed by atoms with Crippen molar-refractivity contribution in [3.05, 3.63) is 12.4 Å². The number of rotatable bonds is 5. The van der Waals surface area contributed by atoms with Gasteiger partial charge in [0.15, 0.2) is 0 Å². The maximum absolute atomic E-state index is 12.6. The summed E-state index contributed by atoms with van der Waals surface area (Å²) >= 11 is 0. The molecule has 21 heavy (non-hydrogen) atoms. The van der Waals surface area contributed by atoms with E-state index in [2.05, 4.69) is 15.3 Å². The first kappa shape index (κ1) is 16.2. The molecule has 0 saturated carbocycles. The van der Waals surface area contributed by atoms with Crippen LogP contribution < -0.4 is 5.32 Å². The zero-order valence-corrected chi connectivity index (χ0v) is 13.4. The summed E-state index contributed by atoms with van der Waals surface area (Å²) in [5.41, 5.74) is 0. The number of sulfonamides is 1. The van der Waals surface area contributed by atoms with Crippen molar-refractivity contribution in [1.82, 2.24) is 14.3 Å². The highest BCUT2D eigenvalue weighted by molar-refractivity contribution is 7.89. The van der Waals surface area contributed by atoms with Gasteiger partial charge in [0.1, 0.15) is 4.90 Å².